The molecule has 1 aliphatic heterocycles. The van der Waals surface area contributed by atoms with Gasteiger partial charge in [-0.25, -0.2) is 0 Å². The van der Waals surface area contributed by atoms with E-state index in [1.807, 2.05) is 4.90 Å². The molecule has 1 unspecified atom stereocenters. The van der Waals surface area contributed by atoms with Crippen molar-refractivity contribution in [3.63, 3.8) is 0 Å². The molecular weight excluding hydrogens is 246 g/mol. The van der Waals surface area contributed by atoms with E-state index < -0.39 is 0 Å². The number of amides is 1. The first-order valence-electron chi connectivity index (χ1n) is 7.15. The molecule has 1 atom stereocenters. The minimum atomic E-state index is -0.250. The van der Waals surface area contributed by atoms with E-state index in [1.165, 1.54) is 20.0 Å². The molecule has 2 aliphatic rings. The van der Waals surface area contributed by atoms with Crippen LogP contribution in [0.3, 0.4) is 0 Å². The van der Waals surface area contributed by atoms with Gasteiger partial charge in [0.1, 0.15) is 0 Å². The van der Waals surface area contributed by atoms with Crippen LogP contribution in [0.1, 0.15) is 38.5 Å². The van der Waals surface area contributed by atoms with Gasteiger partial charge < -0.3 is 14.4 Å². The van der Waals surface area contributed by atoms with Gasteiger partial charge >= 0.3 is 5.97 Å². The Morgan fingerprint density at radius 1 is 1.21 bits per heavy atom. The van der Waals surface area contributed by atoms with Crippen molar-refractivity contribution in [1.29, 1.82) is 0 Å². The predicted octanol–water partition coefficient (Wildman–Crippen LogP) is 1.36. The molecule has 0 bridgehead atoms. The summed E-state index contributed by atoms with van der Waals surface area (Å²) in [7, 11) is 1.37. The van der Waals surface area contributed by atoms with Crippen LogP contribution < -0.4 is 0 Å². The highest BCUT2D eigenvalue weighted by Crippen LogP contribution is 2.30. The summed E-state index contributed by atoms with van der Waals surface area (Å²) in [5.41, 5.74) is 0. The number of esters is 1. The van der Waals surface area contributed by atoms with Crippen molar-refractivity contribution in [1.82, 2.24) is 4.90 Å². The molecule has 1 saturated heterocycles. The number of ether oxygens (including phenoxy) is 2. The molecule has 0 spiro atoms. The van der Waals surface area contributed by atoms with Crippen LogP contribution in [0.2, 0.25) is 0 Å². The lowest BCUT2D eigenvalue weighted by Gasteiger charge is -2.16. The van der Waals surface area contributed by atoms with Gasteiger partial charge in [0.05, 0.1) is 13.2 Å². The molecule has 0 aromatic carbocycles. The Bertz CT molecular complexity index is 327. The number of hydrogen-bond acceptors (Lipinski definition) is 4. The van der Waals surface area contributed by atoms with Crippen LogP contribution in [0.25, 0.3) is 0 Å². The van der Waals surface area contributed by atoms with Crippen LogP contribution >= 0.6 is 0 Å². The second kappa shape index (κ2) is 6.89. The summed E-state index contributed by atoms with van der Waals surface area (Å²) in [6.07, 6.45) is 5.05. The van der Waals surface area contributed by atoms with Crippen molar-refractivity contribution < 1.29 is 19.1 Å². The summed E-state index contributed by atoms with van der Waals surface area (Å²) in [6, 6.07) is 0. The van der Waals surface area contributed by atoms with Crippen LogP contribution in [-0.4, -0.2) is 49.7 Å². The fourth-order valence-corrected chi connectivity index (χ4v) is 2.29. The van der Waals surface area contributed by atoms with Crippen molar-refractivity contribution in [3.05, 3.63) is 0 Å². The third-order valence-electron chi connectivity index (χ3n) is 3.76. The molecule has 2 fully saturated rings. The minimum absolute atomic E-state index is 0.126. The summed E-state index contributed by atoms with van der Waals surface area (Å²) >= 11 is 0. The maximum absolute atomic E-state index is 11.9. The number of likely N-dealkylation sites (tertiary alicyclic amines) is 1. The number of carbonyl (C=O) groups is 2. The van der Waals surface area contributed by atoms with Crippen LogP contribution in [0.4, 0.5) is 0 Å². The summed E-state index contributed by atoms with van der Waals surface area (Å²) in [4.78, 5) is 24.7. The fourth-order valence-electron chi connectivity index (χ4n) is 2.29. The van der Waals surface area contributed by atoms with E-state index in [2.05, 4.69) is 4.74 Å². The molecule has 1 heterocycles. The Morgan fingerprint density at radius 3 is 2.68 bits per heavy atom. The minimum Gasteiger partial charge on any atom is -0.469 e. The van der Waals surface area contributed by atoms with Crippen LogP contribution in [-0.2, 0) is 19.1 Å². The highest BCUT2D eigenvalue weighted by molar-refractivity contribution is 5.77. The summed E-state index contributed by atoms with van der Waals surface area (Å²) in [5, 5.41) is 0. The van der Waals surface area contributed by atoms with Crippen molar-refractivity contribution in [3.8, 4) is 0 Å². The Morgan fingerprint density at radius 2 is 2.00 bits per heavy atom. The van der Waals surface area contributed by atoms with E-state index in [4.69, 9.17) is 4.74 Å². The average molecular weight is 269 g/mol. The third kappa shape index (κ3) is 4.82. The highest BCUT2D eigenvalue weighted by atomic mass is 16.5. The van der Waals surface area contributed by atoms with Crippen molar-refractivity contribution in [2.24, 2.45) is 5.92 Å². The number of carbonyl (C=O) groups excluding carboxylic acids is 2. The molecule has 5 nitrogen and oxygen atoms in total. The smallest absolute Gasteiger partial charge is 0.305 e. The number of rotatable bonds is 7. The lowest BCUT2D eigenvalue weighted by Crippen LogP contribution is -2.30. The van der Waals surface area contributed by atoms with E-state index in [9.17, 15) is 9.59 Å². The molecule has 1 aliphatic carbocycles. The molecule has 0 radical (unpaired) electrons. The highest BCUT2D eigenvalue weighted by Gasteiger charge is 2.29. The van der Waals surface area contributed by atoms with E-state index in [0.717, 1.165) is 25.5 Å². The van der Waals surface area contributed by atoms with Crippen LogP contribution in [0.15, 0.2) is 0 Å². The Balaban J connectivity index is 1.59. The predicted molar refractivity (Wildman–Crippen MR) is 69.5 cm³/mol. The van der Waals surface area contributed by atoms with E-state index in [0.29, 0.717) is 25.8 Å². The standard InChI is InChI=1S/C14H23NO4/c1-18-14(17)4-2-3-13(16)15-8-7-12(9-15)19-10-11-5-6-11/h11-12H,2-10H2,1H3. The molecule has 5 heteroatoms. The summed E-state index contributed by atoms with van der Waals surface area (Å²) < 4.78 is 10.4. The molecule has 0 N–H and O–H groups in total. The zero-order valence-corrected chi connectivity index (χ0v) is 11.6. The van der Waals surface area contributed by atoms with Gasteiger partial charge in [-0.05, 0) is 31.6 Å². The van der Waals surface area contributed by atoms with Crippen molar-refractivity contribution in [2.45, 2.75) is 44.6 Å². The Kier molecular flexibility index (Phi) is 5.19. The first-order valence-corrected chi connectivity index (χ1v) is 7.15. The first kappa shape index (κ1) is 14.3. The molecule has 1 saturated carbocycles. The SMILES string of the molecule is COC(=O)CCCC(=O)N1CCC(OCC2CC2)C1. The number of methoxy groups -OCH3 is 1. The molecule has 0 aromatic rings. The molecule has 2 rings (SSSR count). The fraction of sp³-hybridized carbons (Fsp3) is 0.857. The topological polar surface area (TPSA) is 55.8 Å². The van der Waals surface area contributed by atoms with E-state index >= 15 is 0 Å². The van der Waals surface area contributed by atoms with E-state index in [1.54, 1.807) is 0 Å². The van der Waals surface area contributed by atoms with Gasteiger partial charge in [-0.3, -0.25) is 9.59 Å². The Labute approximate surface area is 114 Å². The van der Waals surface area contributed by atoms with Gasteiger partial charge in [-0.2, -0.15) is 0 Å². The second-order valence-corrected chi connectivity index (χ2v) is 5.46. The van der Waals surface area contributed by atoms with Gasteiger partial charge in [-0.15, -0.1) is 0 Å². The summed E-state index contributed by atoms with van der Waals surface area (Å²) in [6.45, 7) is 2.35. The van der Waals surface area contributed by atoms with Gasteiger partial charge in [0.15, 0.2) is 0 Å². The van der Waals surface area contributed by atoms with Gasteiger partial charge in [0.2, 0.25) is 5.91 Å². The monoisotopic (exact) mass is 269 g/mol. The van der Waals surface area contributed by atoms with Gasteiger partial charge in [0.25, 0.3) is 0 Å². The first-order chi connectivity index (χ1) is 9.19. The third-order valence-corrected chi connectivity index (χ3v) is 3.76. The van der Waals surface area contributed by atoms with Crippen LogP contribution in [0.5, 0.6) is 0 Å². The van der Waals surface area contributed by atoms with Gasteiger partial charge in [0, 0.05) is 32.5 Å². The lowest BCUT2D eigenvalue weighted by molar-refractivity contribution is -0.140. The Hall–Kier alpha value is -1.10. The van der Waals surface area contributed by atoms with Gasteiger partial charge in [-0.1, -0.05) is 0 Å². The van der Waals surface area contributed by atoms with Crippen molar-refractivity contribution in [2.75, 3.05) is 26.8 Å². The molecule has 19 heavy (non-hydrogen) atoms. The van der Waals surface area contributed by atoms with E-state index in [-0.39, 0.29) is 18.0 Å². The largest absolute Gasteiger partial charge is 0.469 e. The quantitative estimate of drug-likeness (QED) is 0.655. The summed E-state index contributed by atoms with van der Waals surface area (Å²) in [5.74, 6) is 0.645. The molecule has 1 amide bonds. The average Bonchev–Trinajstić information content (AvgIpc) is 3.12. The van der Waals surface area contributed by atoms with Crippen LogP contribution in [0, 0.1) is 5.92 Å². The maximum atomic E-state index is 11.9. The second-order valence-electron chi connectivity index (χ2n) is 5.46. The molecule has 108 valence electrons. The number of hydrogen-bond donors (Lipinski definition) is 0. The number of nitrogens with zero attached hydrogens (tertiary/aromatic N) is 1. The zero-order valence-electron chi connectivity index (χ0n) is 11.6. The van der Waals surface area contributed by atoms with Crippen molar-refractivity contribution >= 4 is 11.9 Å². The molecular formula is C14H23NO4. The normalized spacial score (nSPS) is 22.6. The maximum Gasteiger partial charge on any atom is 0.305 e. The molecule has 0 aromatic heterocycles. The lowest BCUT2D eigenvalue weighted by atomic mass is 10.2. The zero-order chi connectivity index (χ0) is 13.7.